The number of aliphatic carboxylic acids is 2. The van der Waals surface area contributed by atoms with E-state index < -0.39 is 36.4 Å². The van der Waals surface area contributed by atoms with Crippen molar-refractivity contribution in [2.24, 2.45) is 0 Å². The Bertz CT molecular complexity index is 944. The van der Waals surface area contributed by atoms with E-state index in [9.17, 15) is 14.4 Å². The van der Waals surface area contributed by atoms with E-state index in [1.165, 1.54) is 12.1 Å². The summed E-state index contributed by atoms with van der Waals surface area (Å²) in [4.78, 5) is 33.0. The molecule has 0 saturated carbocycles. The molecular weight excluding hydrogens is 368 g/mol. The summed E-state index contributed by atoms with van der Waals surface area (Å²) in [6.07, 6.45) is -4.28. The standard InChI is InChI=1S/C20H14O8/c21-17(22)13-7-3-11(4-8-13)1-2-12-5-9-14(10-6-12)20-27-15(18(23)24)16(28-20)19(25)26/h3-10,15-16,20H,(H,21,22)(H,23,24)(H,25,26)/t15-,16-/m1/s1. The Kier molecular flexibility index (Phi) is 5.40. The summed E-state index contributed by atoms with van der Waals surface area (Å²) in [7, 11) is 0. The largest absolute Gasteiger partial charge is 0.479 e. The van der Waals surface area contributed by atoms with Crippen molar-refractivity contribution in [2.45, 2.75) is 18.5 Å². The molecule has 1 heterocycles. The second-order valence-electron chi connectivity index (χ2n) is 5.88. The average molecular weight is 382 g/mol. The Labute approximate surface area is 158 Å². The molecule has 2 atom stereocenters. The average Bonchev–Trinajstić information content (AvgIpc) is 3.13. The monoisotopic (exact) mass is 382 g/mol. The maximum absolute atomic E-state index is 11.1. The third kappa shape index (κ3) is 4.17. The molecule has 142 valence electrons. The molecule has 2 aromatic carbocycles. The second kappa shape index (κ2) is 7.92. The van der Waals surface area contributed by atoms with E-state index in [-0.39, 0.29) is 5.56 Å². The van der Waals surface area contributed by atoms with Crippen molar-refractivity contribution in [3.63, 3.8) is 0 Å². The number of carboxylic acid groups (broad SMARTS) is 3. The first-order chi connectivity index (χ1) is 13.3. The lowest BCUT2D eigenvalue weighted by Crippen LogP contribution is -2.36. The number of carboxylic acids is 3. The molecule has 1 aliphatic rings. The van der Waals surface area contributed by atoms with Gasteiger partial charge >= 0.3 is 17.9 Å². The molecule has 1 saturated heterocycles. The van der Waals surface area contributed by atoms with Gasteiger partial charge in [0.25, 0.3) is 0 Å². The molecule has 0 bridgehead atoms. The SMILES string of the molecule is O=C(O)c1ccc(C#Cc2ccc(C3O[C@@H](C(=O)O)[C@H](C(=O)O)O3)cc2)cc1. The quantitative estimate of drug-likeness (QED) is 0.682. The van der Waals surface area contributed by atoms with Crippen LogP contribution in [-0.4, -0.2) is 45.4 Å². The van der Waals surface area contributed by atoms with Gasteiger partial charge in [0.05, 0.1) is 5.56 Å². The first kappa shape index (κ1) is 19.1. The fraction of sp³-hybridized carbons (Fsp3) is 0.150. The summed E-state index contributed by atoms with van der Waals surface area (Å²) in [6.45, 7) is 0. The van der Waals surface area contributed by atoms with Crippen LogP contribution in [0.15, 0.2) is 48.5 Å². The number of hydrogen-bond donors (Lipinski definition) is 3. The van der Waals surface area contributed by atoms with Gasteiger partial charge in [-0.2, -0.15) is 0 Å². The predicted molar refractivity (Wildman–Crippen MR) is 93.6 cm³/mol. The van der Waals surface area contributed by atoms with Crippen LogP contribution in [0.3, 0.4) is 0 Å². The third-order valence-electron chi connectivity index (χ3n) is 3.97. The minimum atomic E-state index is -1.59. The zero-order valence-electron chi connectivity index (χ0n) is 14.2. The zero-order chi connectivity index (χ0) is 20.3. The van der Waals surface area contributed by atoms with Gasteiger partial charge in [-0.05, 0) is 36.4 Å². The second-order valence-corrected chi connectivity index (χ2v) is 5.88. The van der Waals surface area contributed by atoms with Crippen LogP contribution >= 0.6 is 0 Å². The number of aromatic carboxylic acids is 1. The Morgan fingerprint density at radius 2 is 1.14 bits per heavy atom. The summed E-state index contributed by atoms with van der Waals surface area (Å²) >= 11 is 0. The number of hydrogen-bond acceptors (Lipinski definition) is 5. The summed E-state index contributed by atoms with van der Waals surface area (Å²) in [5.74, 6) is 1.98. The van der Waals surface area contributed by atoms with Gasteiger partial charge in [-0.25, -0.2) is 14.4 Å². The van der Waals surface area contributed by atoms with Crippen molar-refractivity contribution in [1.82, 2.24) is 0 Å². The van der Waals surface area contributed by atoms with E-state index >= 15 is 0 Å². The highest BCUT2D eigenvalue weighted by atomic mass is 16.7. The van der Waals surface area contributed by atoms with Crippen molar-refractivity contribution >= 4 is 17.9 Å². The van der Waals surface area contributed by atoms with Crippen molar-refractivity contribution in [3.05, 3.63) is 70.8 Å². The molecule has 8 nitrogen and oxygen atoms in total. The lowest BCUT2D eigenvalue weighted by atomic mass is 10.1. The first-order valence-corrected chi connectivity index (χ1v) is 8.07. The van der Waals surface area contributed by atoms with Crippen molar-refractivity contribution in [3.8, 4) is 11.8 Å². The smallest absolute Gasteiger partial charge is 0.336 e. The van der Waals surface area contributed by atoms with E-state index in [1.807, 2.05) is 0 Å². The molecule has 0 amide bonds. The van der Waals surface area contributed by atoms with E-state index in [4.69, 9.17) is 24.8 Å². The van der Waals surface area contributed by atoms with Crippen LogP contribution in [0.5, 0.6) is 0 Å². The van der Waals surface area contributed by atoms with Gasteiger partial charge in [-0.3, -0.25) is 0 Å². The van der Waals surface area contributed by atoms with Crippen molar-refractivity contribution in [1.29, 1.82) is 0 Å². The molecule has 1 fully saturated rings. The molecule has 3 N–H and O–H groups in total. The molecule has 0 aromatic heterocycles. The number of carbonyl (C=O) groups is 3. The van der Waals surface area contributed by atoms with Gasteiger partial charge in [0.15, 0.2) is 18.5 Å². The normalized spacial score (nSPS) is 18.9. The van der Waals surface area contributed by atoms with E-state index in [1.54, 1.807) is 36.4 Å². The molecule has 8 heteroatoms. The Hall–Kier alpha value is -3.67. The van der Waals surface area contributed by atoms with Gasteiger partial charge < -0.3 is 24.8 Å². The molecule has 2 aromatic rings. The molecule has 0 spiro atoms. The van der Waals surface area contributed by atoms with Crippen LogP contribution in [0.1, 0.15) is 33.3 Å². The van der Waals surface area contributed by atoms with Gasteiger partial charge in [0.2, 0.25) is 0 Å². The van der Waals surface area contributed by atoms with E-state index in [2.05, 4.69) is 11.8 Å². The lowest BCUT2D eigenvalue weighted by molar-refractivity contribution is -0.156. The fourth-order valence-electron chi connectivity index (χ4n) is 2.54. The molecule has 0 unspecified atom stereocenters. The third-order valence-corrected chi connectivity index (χ3v) is 3.97. The molecule has 3 rings (SSSR count). The predicted octanol–water partition coefficient (Wildman–Crippen LogP) is 1.74. The highest BCUT2D eigenvalue weighted by Gasteiger charge is 2.46. The van der Waals surface area contributed by atoms with Crippen LogP contribution in [-0.2, 0) is 19.1 Å². The van der Waals surface area contributed by atoms with Crippen LogP contribution < -0.4 is 0 Å². The number of benzene rings is 2. The van der Waals surface area contributed by atoms with Gasteiger partial charge in [0, 0.05) is 16.7 Å². The maximum atomic E-state index is 11.1. The minimum Gasteiger partial charge on any atom is -0.479 e. The molecule has 0 aliphatic carbocycles. The van der Waals surface area contributed by atoms with Crippen molar-refractivity contribution < 1.29 is 39.2 Å². The Balaban J connectivity index is 1.71. The Morgan fingerprint density at radius 1 is 0.714 bits per heavy atom. The topological polar surface area (TPSA) is 130 Å². The van der Waals surface area contributed by atoms with Gasteiger partial charge in [-0.1, -0.05) is 24.0 Å². The summed E-state index contributed by atoms with van der Waals surface area (Å²) in [5, 5.41) is 27.0. The first-order valence-electron chi connectivity index (χ1n) is 8.07. The van der Waals surface area contributed by atoms with Crippen molar-refractivity contribution in [2.75, 3.05) is 0 Å². The van der Waals surface area contributed by atoms with E-state index in [0.29, 0.717) is 16.7 Å². The number of rotatable bonds is 4. The lowest BCUT2D eigenvalue weighted by Gasteiger charge is -2.09. The van der Waals surface area contributed by atoms with Crippen LogP contribution in [0.2, 0.25) is 0 Å². The molecule has 1 aliphatic heterocycles. The van der Waals surface area contributed by atoms with Crippen LogP contribution in [0.4, 0.5) is 0 Å². The highest BCUT2D eigenvalue weighted by molar-refractivity contribution is 5.87. The summed E-state index contributed by atoms with van der Waals surface area (Å²) in [6, 6.07) is 12.6. The van der Waals surface area contributed by atoms with Crippen LogP contribution in [0, 0.1) is 11.8 Å². The van der Waals surface area contributed by atoms with Gasteiger partial charge in [0.1, 0.15) is 0 Å². The molecule has 0 radical (unpaired) electrons. The zero-order valence-corrected chi connectivity index (χ0v) is 14.2. The number of ether oxygens (including phenoxy) is 2. The summed E-state index contributed by atoms with van der Waals surface area (Å²) < 4.78 is 10.4. The maximum Gasteiger partial charge on any atom is 0.336 e. The fourth-order valence-corrected chi connectivity index (χ4v) is 2.54. The molecule has 28 heavy (non-hydrogen) atoms. The summed E-state index contributed by atoms with van der Waals surface area (Å²) in [5.41, 5.74) is 1.93. The molecular formula is C20H14O8. The highest BCUT2D eigenvalue weighted by Crippen LogP contribution is 2.31. The Morgan fingerprint density at radius 3 is 1.54 bits per heavy atom. The minimum absolute atomic E-state index is 0.172. The van der Waals surface area contributed by atoms with Gasteiger partial charge in [-0.15, -0.1) is 0 Å². The van der Waals surface area contributed by atoms with E-state index in [0.717, 1.165) is 0 Å². The van der Waals surface area contributed by atoms with Crippen LogP contribution in [0.25, 0.3) is 0 Å².